The zero-order chi connectivity index (χ0) is 19.3. The number of hydrogen-bond acceptors (Lipinski definition) is 3. The SMILES string of the molecule is O=C(CCNS(=O)(=O)c1ccc2c(c1)CCCC2)NCc1ccccc1F. The van der Waals surface area contributed by atoms with Crippen LogP contribution in [0.3, 0.4) is 0 Å². The second kappa shape index (κ2) is 8.63. The molecule has 0 saturated carbocycles. The lowest BCUT2D eigenvalue weighted by molar-refractivity contribution is -0.121. The van der Waals surface area contributed by atoms with Crippen LogP contribution in [-0.4, -0.2) is 20.9 Å². The number of sulfonamides is 1. The predicted molar refractivity (Wildman–Crippen MR) is 101 cm³/mol. The highest BCUT2D eigenvalue weighted by Gasteiger charge is 2.17. The highest BCUT2D eigenvalue weighted by atomic mass is 32.2. The Kier molecular flexibility index (Phi) is 6.23. The van der Waals surface area contributed by atoms with Crippen molar-refractivity contribution in [2.75, 3.05) is 6.54 Å². The van der Waals surface area contributed by atoms with Gasteiger partial charge in [0.15, 0.2) is 0 Å². The molecule has 27 heavy (non-hydrogen) atoms. The Labute approximate surface area is 159 Å². The van der Waals surface area contributed by atoms with Gasteiger partial charge in [-0.05, 0) is 55.0 Å². The molecule has 7 heteroatoms. The molecule has 0 atom stereocenters. The van der Waals surface area contributed by atoms with Gasteiger partial charge in [-0.15, -0.1) is 0 Å². The van der Waals surface area contributed by atoms with Crippen LogP contribution >= 0.6 is 0 Å². The van der Waals surface area contributed by atoms with Crippen LogP contribution in [0.4, 0.5) is 4.39 Å². The zero-order valence-electron chi connectivity index (χ0n) is 15.0. The van der Waals surface area contributed by atoms with E-state index in [0.29, 0.717) is 5.56 Å². The molecule has 0 bridgehead atoms. The quantitative estimate of drug-likeness (QED) is 0.763. The summed E-state index contributed by atoms with van der Waals surface area (Å²) in [6.07, 6.45) is 4.09. The first-order valence-corrected chi connectivity index (χ1v) is 10.6. The molecular weight excluding hydrogens is 367 g/mol. The summed E-state index contributed by atoms with van der Waals surface area (Å²) >= 11 is 0. The van der Waals surface area contributed by atoms with E-state index in [9.17, 15) is 17.6 Å². The van der Waals surface area contributed by atoms with Crippen LogP contribution in [0.1, 0.15) is 36.0 Å². The summed E-state index contributed by atoms with van der Waals surface area (Å²) in [5.41, 5.74) is 2.69. The van der Waals surface area contributed by atoms with E-state index >= 15 is 0 Å². The normalized spacial score (nSPS) is 13.8. The van der Waals surface area contributed by atoms with Crippen molar-refractivity contribution in [2.45, 2.75) is 43.5 Å². The third-order valence-electron chi connectivity index (χ3n) is 4.71. The summed E-state index contributed by atoms with van der Waals surface area (Å²) in [4.78, 5) is 12.1. The molecular formula is C20H23FN2O3S. The number of benzene rings is 2. The number of halogens is 1. The Morgan fingerprint density at radius 3 is 2.56 bits per heavy atom. The number of amides is 1. The average Bonchev–Trinajstić information content (AvgIpc) is 2.67. The number of carbonyl (C=O) groups is 1. The highest BCUT2D eigenvalue weighted by molar-refractivity contribution is 7.89. The second-order valence-electron chi connectivity index (χ2n) is 6.65. The fraction of sp³-hybridized carbons (Fsp3) is 0.350. The molecule has 1 aliphatic rings. The molecule has 1 aliphatic carbocycles. The van der Waals surface area contributed by atoms with E-state index in [2.05, 4.69) is 10.0 Å². The van der Waals surface area contributed by atoms with Crippen molar-refractivity contribution in [2.24, 2.45) is 0 Å². The van der Waals surface area contributed by atoms with E-state index in [1.54, 1.807) is 30.3 Å². The molecule has 1 amide bonds. The van der Waals surface area contributed by atoms with E-state index in [-0.39, 0.29) is 36.1 Å². The summed E-state index contributed by atoms with van der Waals surface area (Å²) < 4.78 is 40.8. The molecule has 0 heterocycles. The third kappa shape index (κ3) is 5.14. The molecule has 0 aliphatic heterocycles. The lowest BCUT2D eigenvalue weighted by atomic mass is 9.92. The van der Waals surface area contributed by atoms with Gasteiger partial charge in [0.25, 0.3) is 0 Å². The molecule has 2 N–H and O–H groups in total. The molecule has 0 aromatic heterocycles. The summed E-state index contributed by atoms with van der Waals surface area (Å²) in [6, 6.07) is 11.4. The number of aryl methyl sites for hydroxylation is 2. The molecule has 0 saturated heterocycles. The second-order valence-corrected chi connectivity index (χ2v) is 8.42. The number of hydrogen-bond donors (Lipinski definition) is 2. The van der Waals surface area contributed by atoms with Gasteiger partial charge in [-0.2, -0.15) is 0 Å². The molecule has 3 rings (SSSR count). The Balaban J connectivity index is 1.50. The Morgan fingerprint density at radius 2 is 1.78 bits per heavy atom. The van der Waals surface area contributed by atoms with Gasteiger partial charge >= 0.3 is 0 Å². The van der Waals surface area contributed by atoms with Gasteiger partial charge < -0.3 is 5.32 Å². The Morgan fingerprint density at radius 1 is 1.04 bits per heavy atom. The van der Waals surface area contributed by atoms with E-state index < -0.39 is 10.0 Å². The molecule has 0 spiro atoms. The maximum Gasteiger partial charge on any atom is 0.240 e. The topological polar surface area (TPSA) is 75.3 Å². The van der Waals surface area contributed by atoms with Crippen LogP contribution in [0.25, 0.3) is 0 Å². The number of fused-ring (bicyclic) bond motifs is 1. The van der Waals surface area contributed by atoms with Gasteiger partial charge in [-0.3, -0.25) is 4.79 Å². The van der Waals surface area contributed by atoms with Crippen LogP contribution in [0.15, 0.2) is 47.4 Å². The first-order valence-electron chi connectivity index (χ1n) is 9.07. The standard InChI is InChI=1S/C20H23FN2O3S/c21-19-8-4-3-7-17(19)14-22-20(24)11-12-23-27(25,26)18-10-9-15-5-1-2-6-16(15)13-18/h3-4,7-10,13,23H,1-2,5-6,11-12,14H2,(H,22,24). The van der Waals surface area contributed by atoms with Crippen molar-refractivity contribution in [1.82, 2.24) is 10.0 Å². The highest BCUT2D eigenvalue weighted by Crippen LogP contribution is 2.24. The van der Waals surface area contributed by atoms with Gasteiger partial charge in [0.1, 0.15) is 5.82 Å². The Bertz CT molecular complexity index is 929. The first-order chi connectivity index (χ1) is 13.0. The monoisotopic (exact) mass is 390 g/mol. The van der Waals surface area contributed by atoms with Crippen molar-refractivity contribution in [1.29, 1.82) is 0 Å². The zero-order valence-corrected chi connectivity index (χ0v) is 15.8. The lowest BCUT2D eigenvalue weighted by Crippen LogP contribution is -2.30. The van der Waals surface area contributed by atoms with Crippen molar-refractivity contribution in [3.05, 3.63) is 65.0 Å². The number of nitrogens with one attached hydrogen (secondary N) is 2. The smallest absolute Gasteiger partial charge is 0.240 e. The molecule has 0 unspecified atom stereocenters. The summed E-state index contributed by atoms with van der Waals surface area (Å²) in [5.74, 6) is -0.725. The van der Waals surface area contributed by atoms with Crippen LogP contribution in [0.5, 0.6) is 0 Å². The van der Waals surface area contributed by atoms with Crippen molar-refractivity contribution in [3.63, 3.8) is 0 Å². The summed E-state index contributed by atoms with van der Waals surface area (Å²) in [7, 11) is -3.65. The number of carbonyl (C=O) groups excluding carboxylic acids is 1. The van der Waals surface area contributed by atoms with E-state index in [4.69, 9.17) is 0 Å². The van der Waals surface area contributed by atoms with Gasteiger partial charge in [-0.1, -0.05) is 24.3 Å². The predicted octanol–water partition coefficient (Wildman–Crippen LogP) is 2.69. The van der Waals surface area contributed by atoms with Crippen molar-refractivity contribution >= 4 is 15.9 Å². The molecule has 5 nitrogen and oxygen atoms in total. The maximum atomic E-state index is 13.5. The average molecular weight is 390 g/mol. The fourth-order valence-electron chi connectivity index (χ4n) is 3.18. The van der Waals surface area contributed by atoms with Gasteiger partial charge in [0, 0.05) is 25.1 Å². The lowest BCUT2D eigenvalue weighted by Gasteiger charge is -2.16. The van der Waals surface area contributed by atoms with Crippen LogP contribution < -0.4 is 10.0 Å². The van der Waals surface area contributed by atoms with Crippen molar-refractivity contribution in [3.8, 4) is 0 Å². The van der Waals surface area contributed by atoms with E-state index in [1.165, 1.54) is 11.6 Å². The fourth-order valence-corrected chi connectivity index (χ4v) is 4.27. The van der Waals surface area contributed by atoms with E-state index in [1.807, 2.05) is 6.07 Å². The molecule has 144 valence electrons. The van der Waals surface area contributed by atoms with Crippen LogP contribution in [0.2, 0.25) is 0 Å². The number of rotatable bonds is 7. The molecule has 2 aromatic rings. The van der Waals surface area contributed by atoms with Crippen molar-refractivity contribution < 1.29 is 17.6 Å². The molecule has 2 aromatic carbocycles. The first kappa shape index (κ1) is 19.5. The van der Waals surface area contributed by atoms with Crippen LogP contribution in [0, 0.1) is 5.82 Å². The Hall–Kier alpha value is -2.25. The van der Waals surface area contributed by atoms with E-state index in [0.717, 1.165) is 31.2 Å². The largest absolute Gasteiger partial charge is 0.352 e. The van der Waals surface area contributed by atoms with Gasteiger partial charge in [0.05, 0.1) is 4.90 Å². The minimum Gasteiger partial charge on any atom is -0.352 e. The van der Waals surface area contributed by atoms with Gasteiger partial charge in [0.2, 0.25) is 15.9 Å². The molecule has 0 fully saturated rings. The minimum absolute atomic E-state index is 0.0114. The summed E-state index contributed by atoms with van der Waals surface area (Å²) in [5, 5.41) is 2.59. The maximum absolute atomic E-state index is 13.5. The third-order valence-corrected chi connectivity index (χ3v) is 6.17. The summed E-state index contributed by atoms with van der Waals surface area (Å²) in [6.45, 7) is 0.0611. The minimum atomic E-state index is -3.65. The van der Waals surface area contributed by atoms with Gasteiger partial charge in [-0.25, -0.2) is 17.5 Å². The van der Waals surface area contributed by atoms with Crippen LogP contribution in [-0.2, 0) is 34.2 Å². The molecule has 0 radical (unpaired) electrons.